The molecule has 0 saturated carbocycles. The van der Waals surface area contributed by atoms with Gasteiger partial charge in [-0.2, -0.15) is 18.3 Å². The second kappa shape index (κ2) is 4.65. The molecule has 19 heavy (non-hydrogen) atoms. The predicted molar refractivity (Wildman–Crippen MR) is 61.1 cm³/mol. The van der Waals surface area contributed by atoms with Gasteiger partial charge in [-0.05, 0) is 19.1 Å². The molecule has 102 valence electrons. The molecular formula is C12H11F4N3. The Labute approximate surface area is 106 Å². The van der Waals surface area contributed by atoms with Crippen LogP contribution >= 0.6 is 0 Å². The Kier molecular flexibility index (Phi) is 3.32. The lowest BCUT2D eigenvalue weighted by Gasteiger charge is -2.13. The molecule has 0 unspecified atom stereocenters. The van der Waals surface area contributed by atoms with Crippen LogP contribution in [-0.4, -0.2) is 9.78 Å². The van der Waals surface area contributed by atoms with Crippen molar-refractivity contribution < 1.29 is 17.6 Å². The van der Waals surface area contributed by atoms with Crippen molar-refractivity contribution in [3.63, 3.8) is 0 Å². The molecule has 7 heteroatoms. The van der Waals surface area contributed by atoms with E-state index in [1.54, 1.807) is 6.92 Å². The number of aromatic nitrogens is 2. The van der Waals surface area contributed by atoms with E-state index in [4.69, 9.17) is 5.73 Å². The standard InChI is InChI=1S/C12H11F4N3/c1-7(17)11-9(13)3-2-4-10(11)19-6-8(5-18-19)12(14,15)16/h2-7H,17H2,1H3/t7-/m0/s1. The van der Waals surface area contributed by atoms with E-state index in [0.717, 1.165) is 10.9 Å². The summed E-state index contributed by atoms with van der Waals surface area (Å²) in [7, 11) is 0. The lowest BCUT2D eigenvalue weighted by Crippen LogP contribution is -2.12. The maximum absolute atomic E-state index is 13.7. The average Bonchev–Trinajstić information content (AvgIpc) is 2.76. The fourth-order valence-electron chi connectivity index (χ4n) is 1.78. The van der Waals surface area contributed by atoms with Gasteiger partial charge in [-0.25, -0.2) is 9.07 Å². The van der Waals surface area contributed by atoms with Gasteiger partial charge in [-0.3, -0.25) is 0 Å². The van der Waals surface area contributed by atoms with E-state index in [1.807, 2.05) is 0 Å². The zero-order valence-corrected chi connectivity index (χ0v) is 9.95. The molecule has 0 aliphatic carbocycles. The molecule has 3 nitrogen and oxygen atoms in total. The number of nitrogens with two attached hydrogens (primary N) is 1. The van der Waals surface area contributed by atoms with Crippen LogP contribution in [0.1, 0.15) is 24.1 Å². The van der Waals surface area contributed by atoms with E-state index in [9.17, 15) is 17.6 Å². The molecular weight excluding hydrogens is 262 g/mol. The van der Waals surface area contributed by atoms with Gasteiger partial charge in [0.05, 0.1) is 17.4 Å². The van der Waals surface area contributed by atoms with Crippen molar-refractivity contribution >= 4 is 0 Å². The first-order chi connectivity index (χ1) is 8.80. The van der Waals surface area contributed by atoms with Crippen LogP contribution in [0.15, 0.2) is 30.6 Å². The Morgan fingerprint density at radius 3 is 2.53 bits per heavy atom. The van der Waals surface area contributed by atoms with E-state index >= 15 is 0 Å². The van der Waals surface area contributed by atoms with Crippen LogP contribution in [0.2, 0.25) is 0 Å². The molecule has 1 aromatic carbocycles. The lowest BCUT2D eigenvalue weighted by molar-refractivity contribution is -0.137. The summed E-state index contributed by atoms with van der Waals surface area (Å²) >= 11 is 0. The SMILES string of the molecule is C[C@H](N)c1c(F)cccc1-n1cc(C(F)(F)F)cn1. The zero-order chi connectivity index (χ0) is 14.2. The third-order valence-corrected chi connectivity index (χ3v) is 2.64. The fraction of sp³-hybridized carbons (Fsp3) is 0.250. The number of rotatable bonds is 2. The largest absolute Gasteiger partial charge is 0.419 e. The number of alkyl halides is 3. The number of nitrogens with zero attached hydrogens (tertiary/aromatic N) is 2. The van der Waals surface area contributed by atoms with E-state index < -0.39 is 23.6 Å². The van der Waals surface area contributed by atoms with Crippen LogP contribution in [0, 0.1) is 5.82 Å². The summed E-state index contributed by atoms with van der Waals surface area (Å²) in [6, 6.07) is 3.41. The van der Waals surface area contributed by atoms with Crippen molar-refractivity contribution in [2.24, 2.45) is 5.73 Å². The summed E-state index contributed by atoms with van der Waals surface area (Å²) in [5.41, 5.74) is 5.07. The maximum Gasteiger partial charge on any atom is 0.419 e. The molecule has 1 atom stereocenters. The monoisotopic (exact) mass is 273 g/mol. The first kappa shape index (κ1) is 13.5. The molecule has 0 bridgehead atoms. The molecule has 2 rings (SSSR count). The van der Waals surface area contributed by atoms with Crippen molar-refractivity contribution in [3.8, 4) is 5.69 Å². The molecule has 0 fully saturated rings. The summed E-state index contributed by atoms with van der Waals surface area (Å²) in [5, 5.41) is 3.61. The molecule has 2 N–H and O–H groups in total. The van der Waals surface area contributed by atoms with Gasteiger partial charge in [0.1, 0.15) is 5.82 Å². The van der Waals surface area contributed by atoms with Crippen LogP contribution < -0.4 is 5.73 Å². The molecule has 0 aliphatic rings. The highest BCUT2D eigenvalue weighted by atomic mass is 19.4. The quantitative estimate of drug-likeness (QED) is 0.855. The van der Waals surface area contributed by atoms with Crippen molar-refractivity contribution in [1.29, 1.82) is 0 Å². The average molecular weight is 273 g/mol. The molecule has 0 saturated heterocycles. The summed E-state index contributed by atoms with van der Waals surface area (Å²) in [6.45, 7) is 1.55. The van der Waals surface area contributed by atoms with Gasteiger partial charge in [-0.15, -0.1) is 0 Å². The van der Waals surface area contributed by atoms with Crippen molar-refractivity contribution in [2.75, 3.05) is 0 Å². The van der Waals surface area contributed by atoms with Crippen molar-refractivity contribution in [1.82, 2.24) is 9.78 Å². The molecule has 0 spiro atoms. The van der Waals surface area contributed by atoms with E-state index in [0.29, 0.717) is 6.20 Å². The van der Waals surface area contributed by atoms with Gasteiger partial charge in [0.25, 0.3) is 0 Å². The van der Waals surface area contributed by atoms with E-state index in [-0.39, 0.29) is 11.3 Å². The fourth-order valence-corrected chi connectivity index (χ4v) is 1.78. The van der Waals surface area contributed by atoms with Crippen LogP contribution in [-0.2, 0) is 6.18 Å². The summed E-state index contributed by atoms with van der Waals surface area (Å²) in [6.07, 6.45) is -2.99. The summed E-state index contributed by atoms with van der Waals surface area (Å²) in [5.74, 6) is -0.573. The highest BCUT2D eigenvalue weighted by Crippen LogP contribution is 2.30. The molecule has 0 aliphatic heterocycles. The minimum atomic E-state index is -4.49. The van der Waals surface area contributed by atoms with E-state index in [1.165, 1.54) is 18.2 Å². The highest BCUT2D eigenvalue weighted by molar-refractivity contribution is 5.43. The molecule has 1 aromatic heterocycles. The van der Waals surface area contributed by atoms with Gasteiger partial charge in [0, 0.05) is 17.8 Å². The zero-order valence-electron chi connectivity index (χ0n) is 9.95. The molecule has 1 heterocycles. The maximum atomic E-state index is 13.7. The number of hydrogen-bond acceptors (Lipinski definition) is 2. The topological polar surface area (TPSA) is 43.8 Å². The van der Waals surface area contributed by atoms with Crippen molar-refractivity contribution in [3.05, 3.63) is 47.5 Å². The van der Waals surface area contributed by atoms with Crippen LogP contribution in [0.4, 0.5) is 17.6 Å². The summed E-state index contributed by atoms with van der Waals surface area (Å²) < 4.78 is 52.2. The third kappa shape index (κ3) is 2.60. The Balaban J connectivity index is 2.54. The van der Waals surface area contributed by atoms with Gasteiger partial charge in [-0.1, -0.05) is 6.07 Å². The first-order valence-electron chi connectivity index (χ1n) is 5.47. The van der Waals surface area contributed by atoms with Crippen LogP contribution in [0.3, 0.4) is 0 Å². The van der Waals surface area contributed by atoms with Gasteiger partial charge in [0.2, 0.25) is 0 Å². The number of halogens is 4. The lowest BCUT2D eigenvalue weighted by atomic mass is 10.1. The van der Waals surface area contributed by atoms with E-state index in [2.05, 4.69) is 5.10 Å². The summed E-state index contributed by atoms with van der Waals surface area (Å²) in [4.78, 5) is 0. The highest BCUT2D eigenvalue weighted by Gasteiger charge is 2.32. The predicted octanol–water partition coefficient (Wildman–Crippen LogP) is 3.05. The van der Waals surface area contributed by atoms with Crippen molar-refractivity contribution in [2.45, 2.75) is 19.1 Å². The number of hydrogen-bond donors (Lipinski definition) is 1. The van der Waals surface area contributed by atoms with Gasteiger partial charge >= 0.3 is 6.18 Å². The molecule has 0 radical (unpaired) electrons. The second-order valence-electron chi connectivity index (χ2n) is 4.13. The molecule has 0 amide bonds. The molecule has 2 aromatic rings. The van der Waals surface area contributed by atoms with Crippen LogP contribution in [0.5, 0.6) is 0 Å². The first-order valence-corrected chi connectivity index (χ1v) is 5.47. The normalized spacial score (nSPS) is 13.6. The minimum absolute atomic E-state index is 0.124. The second-order valence-corrected chi connectivity index (χ2v) is 4.13. The Hall–Kier alpha value is -1.89. The smallest absolute Gasteiger partial charge is 0.324 e. The van der Waals surface area contributed by atoms with Crippen LogP contribution in [0.25, 0.3) is 5.69 Å². The third-order valence-electron chi connectivity index (χ3n) is 2.64. The Morgan fingerprint density at radius 1 is 1.32 bits per heavy atom. The minimum Gasteiger partial charge on any atom is -0.324 e. The van der Waals surface area contributed by atoms with Gasteiger partial charge in [0.15, 0.2) is 0 Å². The number of benzene rings is 1. The van der Waals surface area contributed by atoms with Gasteiger partial charge < -0.3 is 5.73 Å². The Bertz CT molecular complexity index is 587. The Morgan fingerprint density at radius 2 is 2.00 bits per heavy atom.